The van der Waals surface area contributed by atoms with Crippen molar-refractivity contribution in [2.45, 2.75) is 4.90 Å². The monoisotopic (exact) mass is 379 g/mol. The third-order valence-electron chi connectivity index (χ3n) is 2.64. The summed E-state index contributed by atoms with van der Waals surface area (Å²) in [4.78, 5) is 10.7. The lowest BCUT2D eigenvalue weighted by atomic mass is 10.2. The standard InChI is InChI=1S/C13H8Cl3NO4S/c14-7-1-3-8(4-2-7)17-22(20,21)12-5-9(13(18)19)10(15)6-11(12)16/h1-6,17H,(H,18,19). The number of rotatable bonds is 4. The lowest BCUT2D eigenvalue weighted by Crippen LogP contribution is -2.14. The van der Waals surface area contributed by atoms with Crippen LogP contribution in [0.25, 0.3) is 0 Å². The summed E-state index contributed by atoms with van der Waals surface area (Å²) in [5.74, 6) is -1.36. The molecule has 2 aromatic rings. The van der Waals surface area contributed by atoms with E-state index in [1.807, 2.05) is 0 Å². The summed E-state index contributed by atoms with van der Waals surface area (Å²) in [7, 11) is -4.08. The highest BCUT2D eigenvalue weighted by Gasteiger charge is 2.22. The molecule has 2 N–H and O–H groups in total. The van der Waals surface area contributed by atoms with Gasteiger partial charge < -0.3 is 5.11 Å². The van der Waals surface area contributed by atoms with E-state index in [0.29, 0.717) is 5.02 Å². The molecule has 22 heavy (non-hydrogen) atoms. The smallest absolute Gasteiger partial charge is 0.337 e. The third-order valence-corrected chi connectivity index (χ3v) is 5.05. The van der Waals surface area contributed by atoms with Crippen LogP contribution in [0.1, 0.15) is 10.4 Å². The maximum absolute atomic E-state index is 12.3. The highest BCUT2D eigenvalue weighted by molar-refractivity contribution is 7.92. The van der Waals surface area contributed by atoms with E-state index in [2.05, 4.69) is 4.72 Å². The van der Waals surface area contributed by atoms with E-state index in [0.717, 1.165) is 12.1 Å². The van der Waals surface area contributed by atoms with Gasteiger partial charge in [0.05, 0.1) is 15.6 Å². The van der Waals surface area contributed by atoms with Crippen molar-refractivity contribution >= 4 is 56.5 Å². The molecule has 0 saturated heterocycles. The van der Waals surface area contributed by atoms with Gasteiger partial charge in [0.1, 0.15) is 4.90 Å². The molecular weight excluding hydrogens is 373 g/mol. The number of benzene rings is 2. The molecule has 0 fully saturated rings. The van der Waals surface area contributed by atoms with Gasteiger partial charge in [0.2, 0.25) is 0 Å². The summed E-state index contributed by atoms with van der Waals surface area (Å²) in [6.07, 6.45) is 0. The molecule has 2 aromatic carbocycles. The normalized spacial score (nSPS) is 11.2. The topological polar surface area (TPSA) is 83.5 Å². The molecule has 0 saturated carbocycles. The predicted octanol–water partition coefficient (Wildman–Crippen LogP) is 4.15. The van der Waals surface area contributed by atoms with Crippen LogP contribution >= 0.6 is 34.8 Å². The van der Waals surface area contributed by atoms with E-state index in [1.54, 1.807) is 0 Å². The van der Waals surface area contributed by atoms with E-state index in [4.69, 9.17) is 39.9 Å². The molecule has 0 aliphatic rings. The van der Waals surface area contributed by atoms with Crippen molar-refractivity contribution in [1.29, 1.82) is 0 Å². The molecule has 0 bridgehead atoms. The van der Waals surface area contributed by atoms with Crippen LogP contribution in [0.3, 0.4) is 0 Å². The molecular formula is C13H8Cl3NO4S. The van der Waals surface area contributed by atoms with Gasteiger partial charge in [-0.15, -0.1) is 0 Å². The second kappa shape index (κ2) is 6.34. The number of aromatic carboxylic acids is 1. The number of sulfonamides is 1. The fourth-order valence-corrected chi connectivity index (χ4v) is 3.67. The molecule has 5 nitrogen and oxygen atoms in total. The van der Waals surface area contributed by atoms with Crippen molar-refractivity contribution in [1.82, 2.24) is 0 Å². The number of anilines is 1. The zero-order chi connectivity index (χ0) is 16.5. The van der Waals surface area contributed by atoms with Crippen molar-refractivity contribution in [2.75, 3.05) is 4.72 Å². The zero-order valence-corrected chi connectivity index (χ0v) is 13.8. The first-order valence-corrected chi connectivity index (χ1v) is 8.33. The number of carbonyl (C=O) groups is 1. The Morgan fingerprint density at radius 1 is 1.00 bits per heavy atom. The van der Waals surface area contributed by atoms with Crippen LogP contribution in [0, 0.1) is 0 Å². The van der Waals surface area contributed by atoms with Gasteiger partial charge in [-0.1, -0.05) is 34.8 Å². The molecule has 0 spiro atoms. The number of halogens is 3. The van der Waals surface area contributed by atoms with E-state index >= 15 is 0 Å². The Morgan fingerprint density at radius 3 is 2.14 bits per heavy atom. The van der Waals surface area contributed by atoms with Gasteiger partial charge in [0.25, 0.3) is 10.0 Å². The highest BCUT2D eigenvalue weighted by atomic mass is 35.5. The zero-order valence-electron chi connectivity index (χ0n) is 10.7. The van der Waals surface area contributed by atoms with Crippen LogP contribution < -0.4 is 4.72 Å². The quantitative estimate of drug-likeness (QED) is 0.835. The van der Waals surface area contributed by atoms with E-state index < -0.39 is 16.0 Å². The minimum Gasteiger partial charge on any atom is -0.478 e. The molecule has 0 heterocycles. The van der Waals surface area contributed by atoms with Crippen molar-refractivity contribution in [3.8, 4) is 0 Å². The Balaban J connectivity index is 2.47. The Bertz CT molecular complexity index is 835. The Labute approximate surface area is 141 Å². The molecule has 0 aliphatic carbocycles. The number of hydrogen-bond acceptors (Lipinski definition) is 3. The number of hydrogen-bond donors (Lipinski definition) is 2. The molecule has 0 unspecified atom stereocenters. The van der Waals surface area contributed by atoms with E-state index in [1.165, 1.54) is 24.3 Å². The van der Waals surface area contributed by atoms with E-state index in [-0.39, 0.29) is 26.2 Å². The van der Waals surface area contributed by atoms with E-state index in [9.17, 15) is 13.2 Å². The molecule has 0 amide bonds. The average molecular weight is 381 g/mol. The maximum atomic E-state index is 12.3. The third kappa shape index (κ3) is 3.64. The second-order valence-corrected chi connectivity index (χ2v) is 7.08. The number of nitrogens with one attached hydrogen (secondary N) is 1. The Kier molecular flexibility index (Phi) is 4.87. The fraction of sp³-hybridized carbons (Fsp3) is 0. The minimum absolute atomic E-state index is 0.150. The molecule has 0 atom stereocenters. The second-order valence-electron chi connectivity index (χ2n) is 4.18. The van der Waals surface area contributed by atoms with Crippen molar-refractivity contribution in [3.63, 3.8) is 0 Å². The van der Waals surface area contributed by atoms with Crippen LogP contribution in [-0.2, 0) is 10.0 Å². The first-order chi connectivity index (χ1) is 10.2. The molecule has 116 valence electrons. The van der Waals surface area contributed by atoms with Gasteiger partial charge in [-0.2, -0.15) is 0 Å². The van der Waals surface area contributed by atoms with Gasteiger partial charge in [-0.25, -0.2) is 13.2 Å². The van der Waals surface area contributed by atoms with Crippen LogP contribution in [-0.4, -0.2) is 19.5 Å². The van der Waals surface area contributed by atoms with Crippen molar-refractivity contribution < 1.29 is 18.3 Å². The van der Waals surface area contributed by atoms with Gasteiger partial charge in [0.15, 0.2) is 0 Å². The lowest BCUT2D eigenvalue weighted by Gasteiger charge is -2.11. The summed E-state index contributed by atoms with van der Waals surface area (Å²) in [6.45, 7) is 0. The first-order valence-electron chi connectivity index (χ1n) is 5.71. The van der Waals surface area contributed by atoms with Gasteiger partial charge >= 0.3 is 5.97 Å². The average Bonchev–Trinajstić information content (AvgIpc) is 2.40. The summed E-state index contributed by atoms with van der Waals surface area (Å²) >= 11 is 17.3. The fourth-order valence-electron chi connectivity index (χ4n) is 1.63. The largest absolute Gasteiger partial charge is 0.478 e. The van der Waals surface area contributed by atoms with Crippen LogP contribution in [0.2, 0.25) is 15.1 Å². The van der Waals surface area contributed by atoms with Crippen LogP contribution in [0.15, 0.2) is 41.3 Å². The molecule has 0 aliphatic heterocycles. The lowest BCUT2D eigenvalue weighted by molar-refractivity contribution is 0.0697. The molecule has 2 rings (SSSR count). The van der Waals surface area contributed by atoms with Crippen molar-refractivity contribution in [3.05, 3.63) is 57.0 Å². The summed E-state index contributed by atoms with van der Waals surface area (Å²) < 4.78 is 26.9. The van der Waals surface area contributed by atoms with Gasteiger partial charge in [0, 0.05) is 10.7 Å². The number of carboxylic acid groups (broad SMARTS) is 1. The van der Waals surface area contributed by atoms with Crippen molar-refractivity contribution in [2.24, 2.45) is 0 Å². The highest BCUT2D eigenvalue weighted by Crippen LogP contribution is 2.30. The maximum Gasteiger partial charge on any atom is 0.337 e. The summed E-state index contributed by atoms with van der Waals surface area (Å²) in [6, 6.07) is 7.91. The van der Waals surface area contributed by atoms with Gasteiger partial charge in [-0.05, 0) is 36.4 Å². The Morgan fingerprint density at radius 2 is 1.59 bits per heavy atom. The SMILES string of the molecule is O=C(O)c1cc(S(=O)(=O)Nc2ccc(Cl)cc2)c(Cl)cc1Cl. The summed E-state index contributed by atoms with van der Waals surface area (Å²) in [5.41, 5.74) is -0.102. The van der Waals surface area contributed by atoms with Crippen LogP contribution in [0.5, 0.6) is 0 Å². The minimum atomic E-state index is -4.08. The molecule has 0 radical (unpaired) electrons. The first kappa shape index (κ1) is 16.9. The summed E-state index contributed by atoms with van der Waals surface area (Å²) in [5, 5.41) is 9.12. The number of carboxylic acids is 1. The van der Waals surface area contributed by atoms with Gasteiger partial charge in [-0.3, -0.25) is 4.72 Å². The predicted molar refractivity (Wildman–Crippen MR) is 85.7 cm³/mol. The molecule has 0 aromatic heterocycles. The molecule has 9 heteroatoms. The van der Waals surface area contributed by atoms with Crippen LogP contribution in [0.4, 0.5) is 5.69 Å². The Hall–Kier alpha value is -1.47.